The van der Waals surface area contributed by atoms with Crippen LogP contribution in [0.3, 0.4) is 0 Å². The summed E-state index contributed by atoms with van der Waals surface area (Å²) in [7, 11) is 1.63. The van der Waals surface area contributed by atoms with E-state index in [0.29, 0.717) is 37.1 Å². The van der Waals surface area contributed by atoms with Gasteiger partial charge in [0.25, 0.3) is 0 Å². The first kappa shape index (κ1) is 25.7. The summed E-state index contributed by atoms with van der Waals surface area (Å²) in [6.07, 6.45) is -0.512. The smallest absolute Gasteiger partial charge is 0.227 e. The van der Waals surface area contributed by atoms with Crippen molar-refractivity contribution in [3.8, 4) is 23.1 Å². The molecule has 0 unspecified atom stereocenters. The zero-order chi connectivity index (χ0) is 24.7. The third kappa shape index (κ3) is 6.59. The second-order valence-corrected chi connectivity index (χ2v) is 8.93. The number of para-hydroxylation sites is 3. The van der Waals surface area contributed by atoms with Crippen molar-refractivity contribution in [1.29, 1.82) is 0 Å². The molecule has 1 aromatic heterocycles. The molecule has 1 N–H and O–H groups in total. The number of methoxy groups -OCH3 is 1. The zero-order valence-electron chi connectivity index (χ0n) is 21.1. The first-order valence-corrected chi connectivity index (χ1v) is 11.8. The van der Waals surface area contributed by atoms with Crippen LogP contribution >= 0.6 is 0 Å². The molecule has 3 aromatic rings. The molecular formula is C27H37N3O4. The SMILES string of the molecule is COc1ccccc1Oc1c(CN(C[C@H](O)COC(C)C)C(C)C)c(C)nn1-c1ccccc1. The molecule has 0 radical (unpaired) electrons. The van der Waals surface area contributed by atoms with Gasteiger partial charge in [0.15, 0.2) is 11.5 Å². The van der Waals surface area contributed by atoms with Crippen molar-refractivity contribution < 1.29 is 19.3 Å². The van der Waals surface area contributed by atoms with Gasteiger partial charge >= 0.3 is 0 Å². The van der Waals surface area contributed by atoms with E-state index >= 15 is 0 Å². The average molecular weight is 468 g/mol. The predicted octanol–water partition coefficient (Wildman–Crippen LogP) is 4.98. The molecular weight excluding hydrogens is 430 g/mol. The second kappa shape index (κ2) is 12.0. The predicted molar refractivity (Wildman–Crippen MR) is 134 cm³/mol. The minimum atomic E-state index is -0.590. The molecule has 0 saturated carbocycles. The lowest BCUT2D eigenvalue weighted by Crippen LogP contribution is -2.39. The van der Waals surface area contributed by atoms with Crippen LogP contribution in [0.15, 0.2) is 54.6 Å². The molecule has 1 atom stereocenters. The summed E-state index contributed by atoms with van der Waals surface area (Å²) in [6.45, 7) is 11.5. The molecule has 0 bridgehead atoms. The Kier molecular flexibility index (Phi) is 9.10. The monoisotopic (exact) mass is 467 g/mol. The van der Waals surface area contributed by atoms with E-state index in [2.05, 4.69) is 18.7 Å². The number of aromatic nitrogens is 2. The van der Waals surface area contributed by atoms with E-state index < -0.39 is 6.10 Å². The fraction of sp³-hybridized carbons (Fsp3) is 0.444. The average Bonchev–Trinajstić information content (AvgIpc) is 3.13. The van der Waals surface area contributed by atoms with E-state index in [1.807, 2.05) is 80.1 Å². The van der Waals surface area contributed by atoms with Crippen LogP contribution in [0, 0.1) is 6.92 Å². The van der Waals surface area contributed by atoms with Gasteiger partial charge in [0.05, 0.1) is 42.9 Å². The molecule has 0 aliphatic heterocycles. The largest absolute Gasteiger partial charge is 0.493 e. The third-order valence-electron chi connectivity index (χ3n) is 5.57. The third-order valence-corrected chi connectivity index (χ3v) is 5.57. The van der Waals surface area contributed by atoms with Crippen LogP contribution in [-0.4, -0.2) is 58.3 Å². The molecule has 3 rings (SSSR count). The lowest BCUT2D eigenvalue weighted by Gasteiger charge is -2.29. The number of aliphatic hydroxyl groups excluding tert-OH is 1. The first-order chi connectivity index (χ1) is 16.3. The Morgan fingerprint density at radius 3 is 2.24 bits per heavy atom. The lowest BCUT2D eigenvalue weighted by molar-refractivity contribution is -0.0137. The molecule has 0 spiro atoms. The van der Waals surface area contributed by atoms with Gasteiger partial charge in [0, 0.05) is 19.1 Å². The molecule has 34 heavy (non-hydrogen) atoms. The quantitative estimate of drug-likeness (QED) is 0.405. The Balaban J connectivity index is 1.97. The maximum Gasteiger partial charge on any atom is 0.227 e. The molecule has 7 nitrogen and oxygen atoms in total. The minimum absolute atomic E-state index is 0.0781. The van der Waals surface area contributed by atoms with E-state index in [4.69, 9.17) is 19.3 Å². The fourth-order valence-electron chi connectivity index (χ4n) is 3.66. The van der Waals surface area contributed by atoms with Crippen molar-refractivity contribution in [2.24, 2.45) is 0 Å². The van der Waals surface area contributed by atoms with E-state index in [-0.39, 0.29) is 12.1 Å². The van der Waals surface area contributed by atoms with Gasteiger partial charge in [-0.05, 0) is 58.9 Å². The topological polar surface area (TPSA) is 69.0 Å². The molecule has 184 valence electrons. The highest BCUT2D eigenvalue weighted by Crippen LogP contribution is 2.36. The van der Waals surface area contributed by atoms with Gasteiger partial charge in [-0.25, -0.2) is 4.68 Å². The number of rotatable bonds is 12. The number of aryl methyl sites for hydroxylation is 1. The second-order valence-electron chi connectivity index (χ2n) is 8.93. The van der Waals surface area contributed by atoms with E-state index in [0.717, 1.165) is 16.9 Å². The molecule has 0 saturated heterocycles. The summed E-state index contributed by atoms with van der Waals surface area (Å²) in [4.78, 5) is 2.21. The number of hydrogen-bond acceptors (Lipinski definition) is 6. The number of nitrogens with zero attached hydrogens (tertiary/aromatic N) is 3. The van der Waals surface area contributed by atoms with Crippen molar-refractivity contribution in [2.75, 3.05) is 20.3 Å². The van der Waals surface area contributed by atoms with Gasteiger partial charge in [0.1, 0.15) is 0 Å². The molecule has 7 heteroatoms. The van der Waals surface area contributed by atoms with Gasteiger partial charge < -0.3 is 19.3 Å². The van der Waals surface area contributed by atoms with Gasteiger partial charge in [-0.2, -0.15) is 5.10 Å². The normalized spacial score (nSPS) is 12.5. The van der Waals surface area contributed by atoms with Gasteiger partial charge in [-0.3, -0.25) is 4.90 Å². The van der Waals surface area contributed by atoms with Crippen LogP contribution in [0.25, 0.3) is 5.69 Å². The highest BCUT2D eigenvalue weighted by molar-refractivity contribution is 5.47. The molecule has 0 fully saturated rings. The van der Waals surface area contributed by atoms with Crippen LogP contribution in [0.4, 0.5) is 0 Å². The van der Waals surface area contributed by atoms with Crippen LogP contribution in [0.5, 0.6) is 17.4 Å². The van der Waals surface area contributed by atoms with Crippen molar-refractivity contribution >= 4 is 0 Å². The van der Waals surface area contributed by atoms with E-state index in [1.54, 1.807) is 7.11 Å². The van der Waals surface area contributed by atoms with E-state index in [1.165, 1.54) is 0 Å². The van der Waals surface area contributed by atoms with Crippen molar-refractivity contribution in [1.82, 2.24) is 14.7 Å². The highest BCUT2D eigenvalue weighted by atomic mass is 16.5. The van der Waals surface area contributed by atoms with Crippen LogP contribution in [-0.2, 0) is 11.3 Å². The Bertz CT molecular complexity index is 1030. The van der Waals surface area contributed by atoms with Crippen molar-refractivity contribution in [3.63, 3.8) is 0 Å². The van der Waals surface area contributed by atoms with Gasteiger partial charge in [0.2, 0.25) is 5.88 Å². The molecule has 0 aliphatic rings. The van der Waals surface area contributed by atoms with Crippen LogP contribution in [0.2, 0.25) is 0 Å². The Labute approximate surface area is 202 Å². The summed E-state index contributed by atoms with van der Waals surface area (Å²) in [5.41, 5.74) is 2.73. The Morgan fingerprint density at radius 2 is 1.62 bits per heavy atom. The summed E-state index contributed by atoms with van der Waals surface area (Å²) in [5, 5.41) is 15.4. The molecule has 0 amide bonds. The van der Waals surface area contributed by atoms with Gasteiger partial charge in [-0.15, -0.1) is 0 Å². The number of aliphatic hydroxyl groups is 1. The Morgan fingerprint density at radius 1 is 0.971 bits per heavy atom. The first-order valence-electron chi connectivity index (χ1n) is 11.8. The zero-order valence-corrected chi connectivity index (χ0v) is 21.1. The molecule has 1 heterocycles. The number of benzene rings is 2. The van der Waals surface area contributed by atoms with Crippen molar-refractivity contribution in [2.45, 2.75) is 59.4 Å². The summed E-state index contributed by atoms with van der Waals surface area (Å²) in [5.74, 6) is 1.89. The molecule has 2 aromatic carbocycles. The lowest BCUT2D eigenvalue weighted by atomic mass is 10.2. The summed E-state index contributed by atoms with van der Waals surface area (Å²) >= 11 is 0. The fourth-order valence-corrected chi connectivity index (χ4v) is 3.66. The van der Waals surface area contributed by atoms with Gasteiger partial charge in [-0.1, -0.05) is 30.3 Å². The Hall–Kier alpha value is -2.87. The standard InChI is InChI=1S/C27H37N3O4/c1-19(2)29(16-23(31)18-33-20(3)4)17-24-21(5)28-30(22-12-8-7-9-13-22)27(24)34-26-15-11-10-14-25(26)32-6/h7-15,19-20,23,31H,16-18H2,1-6H3/t23-/m0/s1. The van der Waals surface area contributed by atoms with Crippen LogP contribution < -0.4 is 9.47 Å². The number of hydrogen-bond donors (Lipinski definition) is 1. The maximum atomic E-state index is 10.6. The maximum absolute atomic E-state index is 10.6. The summed E-state index contributed by atoms with van der Waals surface area (Å²) in [6, 6.07) is 17.7. The minimum Gasteiger partial charge on any atom is -0.493 e. The highest BCUT2D eigenvalue weighted by Gasteiger charge is 2.24. The molecule has 0 aliphatic carbocycles. The van der Waals surface area contributed by atoms with Crippen LogP contribution in [0.1, 0.15) is 39.0 Å². The summed E-state index contributed by atoms with van der Waals surface area (Å²) < 4.78 is 19.4. The van der Waals surface area contributed by atoms with Crippen molar-refractivity contribution in [3.05, 3.63) is 65.9 Å². The van der Waals surface area contributed by atoms with E-state index in [9.17, 15) is 5.11 Å². The number of ether oxygens (including phenoxy) is 3.